The number of hydrogen-bond acceptors (Lipinski definition) is 15. The van der Waals surface area contributed by atoms with E-state index >= 15 is 0 Å². The first-order valence-corrected chi connectivity index (χ1v) is 44.3. The minimum atomic E-state index is -4.96. The summed E-state index contributed by atoms with van der Waals surface area (Å²) in [5.41, 5.74) is 0. The molecule has 0 radical (unpaired) electrons. The second-order valence-electron chi connectivity index (χ2n) is 30.2. The first-order chi connectivity index (χ1) is 47.7. The van der Waals surface area contributed by atoms with Crippen LogP contribution >= 0.6 is 15.6 Å². The summed E-state index contributed by atoms with van der Waals surface area (Å²) in [5.74, 6) is 0.251. The van der Waals surface area contributed by atoms with Crippen LogP contribution in [0.2, 0.25) is 0 Å². The molecule has 0 bridgehead atoms. The van der Waals surface area contributed by atoms with Gasteiger partial charge in [-0.05, 0) is 43.4 Å². The van der Waals surface area contributed by atoms with Crippen molar-refractivity contribution in [3.8, 4) is 0 Å². The first-order valence-electron chi connectivity index (χ1n) is 41.3. The number of rotatable bonds is 78. The number of carbonyl (C=O) groups excluding carboxylic acids is 4. The summed E-state index contributed by atoms with van der Waals surface area (Å²) in [6.07, 6.45) is 58.6. The van der Waals surface area contributed by atoms with Gasteiger partial charge in [0.2, 0.25) is 0 Å². The minimum absolute atomic E-state index is 0.105. The number of phosphoric ester groups is 2. The number of phosphoric acid groups is 2. The normalized spacial score (nSPS) is 14.0. The zero-order valence-electron chi connectivity index (χ0n) is 65.0. The van der Waals surface area contributed by atoms with Crippen LogP contribution in [0.15, 0.2) is 0 Å². The smallest absolute Gasteiger partial charge is 0.462 e. The summed E-state index contributed by atoms with van der Waals surface area (Å²) >= 11 is 0. The molecule has 3 N–H and O–H groups in total. The monoisotopic (exact) mass is 1450 g/mol. The second-order valence-corrected chi connectivity index (χ2v) is 33.1. The highest BCUT2D eigenvalue weighted by Crippen LogP contribution is 2.45. The van der Waals surface area contributed by atoms with Gasteiger partial charge in [-0.15, -0.1) is 0 Å². The van der Waals surface area contributed by atoms with Crippen LogP contribution in [0.25, 0.3) is 0 Å². The number of aliphatic hydroxyl groups is 1. The van der Waals surface area contributed by atoms with Gasteiger partial charge in [-0.25, -0.2) is 9.13 Å². The van der Waals surface area contributed by atoms with E-state index in [4.69, 9.17) is 37.0 Å². The molecule has 19 heteroatoms. The third-order valence-corrected chi connectivity index (χ3v) is 20.5. The molecular formula is C80H156O17P2. The van der Waals surface area contributed by atoms with Crippen LogP contribution in [0, 0.1) is 17.8 Å². The molecule has 0 saturated heterocycles. The molecule has 0 aromatic carbocycles. The van der Waals surface area contributed by atoms with E-state index in [-0.39, 0.29) is 25.7 Å². The summed E-state index contributed by atoms with van der Waals surface area (Å²) < 4.78 is 68.5. The lowest BCUT2D eigenvalue weighted by molar-refractivity contribution is -0.161. The molecule has 0 aliphatic carbocycles. The molecular weight excluding hydrogens is 1290 g/mol. The van der Waals surface area contributed by atoms with Gasteiger partial charge in [0.25, 0.3) is 0 Å². The SMILES string of the molecule is CCCCCCCCCC(=O)OC[C@H](COP(=O)(O)OC[C@H](O)COP(=O)(O)OC[C@@H](COC(=O)CCCCCCCCCCCCCCCCCCC(C)C)OC(=O)CCCCCCCCCCCCCCCCCCCCC(C)C)OC(=O)CCCCCCCCCCCC(C)C. The Bertz CT molecular complexity index is 1920. The Balaban J connectivity index is 5.16. The highest BCUT2D eigenvalue weighted by Gasteiger charge is 2.30. The number of hydrogen-bond donors (Lipinski definition) is 3. The van der Waals surface area contributed by atoms with Gasteiger partial charge in [0.15, 0.2) is 12.2 Å². The maximum absolute atomic E-state index is 13.1. The molecule has 0 rings (SSSR count). The summed E-state index contributed by atoms with van der Waals surface area (Å²) in [4.78, 5) is 72.8. The Morgan fingerprint density at radius 2 is 0.465 bits per heavy atom. The number of unbranched alkanes of at least 4 members (excludes halogenated alkanes) is 46. The maximum Gasteiger partial charge on any atom is 0.472 e. The maximum atomic E-state index is 13.1. The molecule has 17 nitrogen and oxygen atoms in total. The van der Waals surface area contributed by atoms with Gasteiger partial charge in [-0.2, -0.15) is 0 Å². The van der Waals surface area contributed by atoms with Gasteiger partial charge in [-0.1, -0.05) is 363 Å². The summed E-state index contributed by atoms with van der Waals surface area (Å²) in [7, 11) is -9.91. The number of aliphatic hydroxyl groups excluding tert-OH is 1. The fourth-order valence-corrected chi connectivity index (χ4v) is 13.9. The second kappa shape index (κ2) is 70.4. The molecule has 99 heavy (non-hydrogen) atoms. The van der Waals surface area contributed by atoms with Crippen LogP contribution in [0.5, 0.6) is 0 Å². The van der Waals surface area contributed by atoms with Crippen LogP contribution in [0.1, 0.15) is 414 Å². The third kappa shape index (κ3) is 74.1. The lowest BCUT2D eigenvalue weighted by Gasteiger charge is -2.21. The van der Waals surface area contributed by atoms with Crippen LogP contribution in [-0.4, -0.2) is 96.7 Å². The van der Waals surface area contributed by atoms with E-state index in [0.29, 0.717) is 25.7 Å². The van der Waals surface area contributed by atoms with Gasteiger partial charge in [0, 0.05) is 25.7 Å². The van der Waals surface area contributed by atoms with Crippen molar-refractivity contribution in [3.05, 3.63) is 0 Å². The lowest BCUT2D eigenvalue weighted by atomic mass is 10.0. The van der Waals surface area contributed by atoms with Crippen molar-refractivity contribution >= 4 is 39.5 Å². The third-order valence-electron chi connectivity index (χ3n) is 18.6. The lowest BCUT2D eigenvalue weighted by Crippen LogP contribution is -2.30. The van der Waals surface area contributed by atoms with Crippen molar-refractivity contribution < 1.29 is 80.2 Å². The average Bonchev–Trinajstić information content (AvgIpc) is 1.08. The number of ether oxygens (including phenoxy) is 4. The predicted molar refractivity (Wildman–Crippen MR) is 405 cm³/mol. The Morgan fingerprint density at radius 3 is 0.687 bits per heavy atom. The Hall–Kier alpha value is -1.94. The quantitative estimate of drug-likeness (QED) is 0.0222. The largest absolute Gasteiger partial charge is 0.472 e. The van der Waals surface area contributed by atoms with E-state index in [1.807, 2.05) is 0 Å². The first kappa shape index (κ1) is 97.1. The molecule has 0 aromatic heterocycles. The van der Waals surface area contributed by atoms with Gasteiger partial charge >= 0.3 is 39.5 Å². The average molecular weight is 1450 g/mol. The fraction of sp³-hybridized carbons (Fsp3) is 0.950. The fourth-order valence-electron chi connectivity index (χ4n) is 12.3. The molecule has 0 aliphatic heterocycles. The molecule has 0 aliphatic rings. The van der Waals surface area contributed by atoms with Crippen molar-refractivity contribution in [1.29, 1.82) is 0 Å². The Kier molecular flexibility index (Phi) is 69.0. The zero-order chi connectivity index (χ0) is 73.0. The van der Waals surface area contributed by atoms with Crippen LogP contribution in [0.4, 0.5) is 0 Å². The van der Waals surface area contributed by atoms with Gasteiger partial charge < -0.3 is 33.8 Å². The standard InChI is InChI=1S/C80H156O17P2/c1-8-9-10-11-37-47-54-61-77(82)90-67-75(96-80(85)64-57-50-43-36-30-33-40-46-53-60-73(6)7)69-94-98(86,87)92-65-74(81)66-93-99(88,89)95-70-76(68-91-78(83)62-55-48-41-34-28-24-20-17-16-19-23-27-32-39-45-52-59-72(4)5)97-79(84)63-56-49-42-35-29-25-21-15-13-12-14-18-22-26-31-38-44-51-58-71(2)3/h71-76,81H,8-70H2,1-7H3,(H,86,87)(H,88,89)/t74-,75+,76+/m0/s1. The zero-order valence-corrected chi connectivity index (χ0v) is 66.8. The molecule has 588 valence electrons. The highest BCUT2D eigenvalue weighted by atomic mass is 31.2. The van der Waals surface area contributed by atoms with Crippen LogP contribution in [0.3, 0.4) is 0 Å². The predicted octanol–water partition coefficient (Wildman–Crippen LogP) is 23.7. The summed E-state index contributed by atoms with van der Waals surface area (Å²) in [6.45, 7) is 11.9. The van der Waals surface area contributed by atoms with Crippen LogP contribution < -0.4 is 0 Å². The van der Waals surface area contributed by atoms with Crippen molar-refractivity contribution in [1.82, 2.24) is 0 Å². The summed E-state index contributed by atoms with van der Waals surface area (Å²) in [5, 5.41) is 10.6. The van der Waals surface area contributed by atoms with E-state index in [1.165, 1.54) is 212 Å². The van der Waals surface area contributed by atoms with Crippen molar-refractivity contribution in [2.24, 2.45) is 17.8 Å². The van der Waals surface area contributed by atoms with Crippen LogP contribution in [-0.2, 0) is 65.4 Å². The molecule has 5 atom stereocenters. The summed E-state index contributed by atoms with van der Waals surface area (Å²) in [6, 6.07) is 0. The van der Waals surface area contributed by atoms with E-state index in [2.05, 4.69) is 48.5 Å². The molecule has 2 unspecified atom stereocenters. The molecule has 0 amide bonds. The topological polar surface area (TPSA) is 237 Å². The van der Waals surface area contributed by atoms with Crippen molar-refractivity contribution in [2.45, 2.75) is 433 Å². The van der Waals surface area contributed by atoms with Crippen molar-refractivity contribution in [2.75, 3.05) is 39.6 Å². The van der Waals surface area contributed by atoms with E-state index in [0.717, 1.165) is 120 Å². The Morgan fingerprint density at radius 1 is 0.273 bits per heavy atom. The molecule has 0 aromatic rings. The molecule has 0 saturated carbocycles. The van der Waals surface area contributed by atoms with Gasteiger partial charge in [-0.3, -0.25) is 37.3 Å². The highest BCUT2D eigenvalue weighted by molar-refractivity contribution is 7.47. The molecule has 0 fully saturated rings. The molecule has 0 heterocycles. The molecule has 0 spiro atoms. The number of carbonyl (C=O) groups is 4. The van der Waals surface area contributed by atoms with E-state index in [9.17, 15) is 43.2 Å². The van der Waals surface area contributed by atoms with E-state index in [1.54, 1.807) is 0 Å². The minimum Gasteiger partial charge on any atom is -0.462 e. The van der Waals surface area contributed by atoms with E-state index < -0.39 is 97.5 Å². The van der Waals surface area contributed by atoms with Gasteiger partial charge in [0.05, 0.1) is 26.4 Å². The van der Waals surface area contributed by atoms with Gasteiger partial charge in [0.1, 0.15) is 19.3 Å². The number of esters is 4. The Labute approximate surface area is 607 Å². The van der Waals surface area contributed by atoms with Crippen molar-refractivity contribution in [3.63, 3.8) is 0 Å².